The average molecular weight is 548 g/mol. The van der Waals surface area contributed by atoms with Crippen molar-refractivity contribution >= 4 is 27.7 Å². The molecular formula is C25H34BrN5O4. The van der Waals surface area contributed by atoms with E-state index >= 15 is 0 Å². The number of rotatable bonds is 5. The van der Waals surface area contributed by atoms with Gasteiger partial charge in [0.05, 0.1) is 19.9 Å². The highest BCUT2D eigenvalue weighted by molar-refractivity contribution is 9.10. The van der Waals surface area contributed by atoms with E-state index in [-0.39, 0.29) is 23.4 Å². The monoisotopic (exact) mass is 547 g/mol. The maximum absolute atomic E-state index is 12.4. The Bertz CT molecular complexity index is 1010. The van der Waals surface area contributed by atoms with Gasteiger partial charge in [0.2, 0.25) is 0 Å². The molecule has 2 aliphatic heterocycles. The second-order valence-corrected chi connectivity index (χ2v) is 10.5. The van der Waals surface area contributed by atoms with Crippen LogP contribution in [0.1, 0.15) is 45.6 Å². The van der Waals surface area contributed by atoms with Gasteiger partial charge >= 0.3 is 6.09 Å². The highest BCUT2D eigenvalue weighted by Crippen LogP contribution is 2.36. The van der Waals surface area contributed by atoms with E-state index in [1.54, 1.807) is 31.3 Å². The highest BCUT2D eigenvalue weighted by atomic mass is 79.9. The van der Waals surface area contributed by atoms with Gasteiger partial charge in [0.25, 0.3) is 0 Å². The summed E-state index contributed by atoms with van der Waals surface area (Å²) >= 11 is 3.44. The molecule has 0 aliphatic carbocycles. The Labute approximate surface area is 215 Å². The number of hydrogen-bond acceptors (Lipinski definition) is 8. The number of nitriles is 1. The Kier molecular flexibility index (Phi) is 8.54. The first-order valence-corrected chi connectivity index (χ1v) is 12.5. The van der Waals surface area contributed by atoms with Crippen molar-refractivity contribution in [1.82, 2.24) is 15.5 Å². The Morgan fingerprint density at radius 1 is 1.17 bits per heavy atom. The number of methoxy groups -OCH3 is 2. The molecule has 0 bridgehead atoms. The third-order valence-corrected chi connectivity index (χ3v) is 6.97. The van der Waals surface area contributed by atoms with Crippen LogP contribution in [0, 0.1) is 22.7 Å². The number of piperidine rings is 1. The number of ether oxygens (including phenoxy) is 3. The number of benzene rings is 1. The Morgan fingerprint density at radius 2 is 1.77 bits per heavy atom. The van der Waals surface area contributed by atoms with E-state index in [1.165, 1.54) is 0 Å². The molecule has 2 aliphatic rings. The number of nitrogens with zero attached hydrogens (tertiary/aromatic N) is 2. The van der Waals surface area contributed by atoms with Crippen molar-refractivity contribution in [3.8, 4) is 17.6 Å². The molecule has 10 heteroatoms. The van der Waals surface area contributed by atoms with Crippen molar-refractivity contribution in [2.75, 3.05) is 33.9 Å². The quantitative estimate of drug-likeness (QED) is 0.373. The number of allylic oxidation sites excluding steroid dienone is 1. The number of halogens is 1. The van der Waals surface area contributed by atoms with Crippen LogP contribution in [0.25, 0.3) is 0 Å². The number of hydrogen-bond donors (Lipinski definition) is 3. The van der Waals surface area contributed by atoms with E-state index in [4.69, 9.17) is 19.6 Å². The van der Waals surface area contributed by atoms with Crippen molar-refractivity contribution in [1.29, 1.82) is 10.7 Å². The average Bonchev–Trinajstić information content (AvgIpc) is 2.84. The minimum absolute atomic E-state index is 0.0759. The summed E-state index contributed by atoms with van der Waals surface area (Å²) in [6, 6.07) is 5.76. The normalized spacial score (nSPS) is 20.1. The predicted molar refractivity (Wildman–Crippen MR) is 137 cm³/mol. The standard InChI is InChI=1S/C25H34BrN5O4/c1-25(2,3)35-24(32)31-10-7-15(8-11-31)18-6-9-29-23(30-18)17(14-27)22(28)16-12-19(33-4)21(26)20(13-16)34-5/h12-13,15,18,28-30H,6-11H2,1-5H3/b23-17-,28-22?. The minimum atomic E-state index is -0.509. The van der Waals surface area contributed by atoms with Gasteiger partial charge in [0.15, 0.2) is 0 Å². The number of nitrogens with one attached hydrogen (secondary N) is 3. The van der Waals surface area contributed by atoms with Gasteiger partial charge in [0, 0.05) is 31.2 Å². The topological polar surface area (TPSA) is 120 Å². The molecule has 3 N–H and O–H groups in total. The van der Waals surface area contributed by atoms with E-state index in [0.717, 1.165) is 19.3 Å². The zero-order valence-corrected chi connectivity index (χ0v) is 22.5. The van der Waals surface area contributed by atoms with Crippen LogP contribution in [0.5, 0.6) is 11.5 Å². The molecule has 0 radical (unpaired) electrons. The third kappa shape index (κ3) is 6.40. The van der Waals surface area contributed by atoms with Crippen molar-refractivity contribution < 1.29 is 19.0 Å². The molecule has 1 unspecified atom stereocenters. The van der Waals surface area contributed by atoms with Gasteiger partial charge in [-0.15, -0.1) is 0 Å². The van der Waals surface area contributed by atoms with E-state index in [0.29, 0.717) is 52.9 Å². The molecular weight excluding hydrogens is 514 g/mol. The fraction of sp³-hybridized carbons (Fsp3) is 0.560. The zero-order chi connectivity index (χ0) is 25.8. The summed E-state index contributed by atoms with van der Waals surface area (Å²) in [7, 11) is 3.08. The summed E-state index contributed by atoms with van der Waals surface area (Å²) in [5, 5.41) is 25.4. The van der Waals surface area contributed by atoms with Crippen molar-refractivity contribution in [2.45, 2.75) is 51.7 Å². The second kappa shape index (κ2) is 11.2. The first-order chi connectivity index (χ1) is 16.6. The first kappa shape index (κ1) is 26.7. The Balaban J connectivity index is 1.73. The van der Waals surface area contributed by atoms with Crippen LogP contribution < -0.4 is 20.1 Å². The molecule has 1 atom stereocenters. The number of carbonyl (C=O) groups is 1. The van der Waals surface area contributed by atoms with Gasteiger partial charge < -0.3 is 29.7 Å². The van der Waals surface area contributed by atoms with Crippen LogP contribution >= 0.6 is 15.9 Å². The van der Waals surface area contributed by atoms with Crippen molar-refractivity contribution in [2.24, 2.45) is 5.92 Å². The molecule has 190 valence electrons. The maximum atomic E-state index is 12.4. The molecule has 35 heavy (non-hydrogen) atoms. The smallest absolute Gasteiger partial charge is 0.410 e. The van der Waals surface area contributed by atoms with Crippen LogP contribution in [-0.4, -0.2) is 62.2 Å². The second-order valence-electron chi connectivity index (χ2n) is 9.70. The molecule has 0 saturated carbocycles. The maximum Gasteiger partial charge on any atom is 0.410 e. The summed E-state index contributed by atoms with van der Waals surface area (Å²) in [5.74, 6) is 1.95. The van der Waals surface area contributed by atoms with Gasteiger partial charge in [-0.1, -0.05) is 0 Å². The van der Waals surface area contributed by atoms with Gasteiger partial charge in [-0.25, -0.2) is 4.79 Å². The fourth-order valence-electron chi connectivity index (χ4n) is 4.38. The fourth-order valence-corrected chi connectivity index (χ4v) is 4.93. The molecule has 2 fully saturated rings. The Hall–Kier alpha value is -2.93. The summed E-state index contributed by atoms with van der Waals surface area (Å²) in [6.45, 7) is 7.60. The lowest BCUT2D eigenvalue weighted by Crippen LogP contribution is -2.51. The van der Waals surface area contributed by atoms with Crippen molar-refractivity contribution in [3.05, 3.63) is 33.6 Å². The number of likely N-dealkylation sites (tertiary alicyclic amines) is 1. The van der Waals surface area contributed by atoms with Gasteiger partial charge in [-0.2, -0.15) is 5.26 Å². The van der Waals surface area contributed by atoms with E-state index in [9.17, 15) is 10.1 Å². The highest BCUT2D eigenvalue weighted by Gasteiger charge is 2.33. The van der Waals surface area contributed by atoms with Crippen LogP contribution in [0.15, 0.2) is 28.0 Å². The van der Waals surface area contributed by atoms with Gasteiger partial charge in [-0.05, 0) is 74.0 Å². The molecule has 1 amide bonds. The lowest BCUT2D eigenvalue weighted by atomic mass is 9.86. The van der Waals surface area contributed by atoms with Crippen LogP contribution in [0.3, 0.4) is 0 Å². The van der Waals surface area contributed by atoms with Crippen LogP contribution in [-0.2, 0) is 4.74 Å². The Morgan fingerprint density at radius 3 is 2.29 bits per heavy atom. The molecule has 2 heterocycles. The molecule has 0 aromatic heterocycles. The molecule has 1 aromatic rings. The summed E-state index contributed by atoms with van der Waals surface area (Å²) in [5.41, 5.74) is 0.312. The lowest BCUT2D eigenvalue weighted by Gasteiger charge is -2.39. The van der Waals surface area contributed by atoms with Crippen molar-refractivity contribution in [3.63, 3.8) is 0 Å². The molecule has 2 saturated heterocycles. The van der Waals surface area contributed by atoms with E-state index < -0.39 is 5.60 Å². The molecule has 9 nitrogen and oxygen atoms in total. The summed E-state index contributed by atoms with van der Waals surface area (Å²) in [4.78, 5) is 14.2. The largest absolute Gasteiger partial charge is 0.495 e. The van der Waals surface area contributed by atoms with Crippen LogP contribution in [0.4, 0.5) is 4.79 Å². The first-order valence-electron chi connectivity index (χ1n) is 11.7. The molecule has 3 rings (SSSR count). The predicted octanol–water partition coefficient (Wildman–Crippen LogP) is 4.17. The van der Waals surface area contributed by atoms with E-state index in [2.05, 4.69) is 32.6 Å². The SMILES string of the molecule is COc1cc(C(=N)/C(C#N)=C2/NCCC(C3CCN(C(=O)OC(C)(C)C)CC3)N2)cc(OC)c1Br. The number of amides is 1. The minimum Gasteiger partial charge on any atom is -0.495 e. The number of carbonyl (C=O) groups excluding carboxylic acids is 1. The zero-order valence-electron chi connectivity index (χ0n) is 21.0. The lowest BCUT2D eigenvalue weighted by molar-refractivity contribution is 0.0167. The summed E-state index contributed by atoms with van der Waals surface area (Å²) in [6.07, 6.45) is 2.33. The van der Waals surface area contributed by atoms with Crippen LogP contribution in [0.2, 0.25) is 0 Å². The third-order valence-electron chi connectivity index (χ3n) is 6.19. The summed E-state index contributed by atoms with van der Waals surface area (Å²) < 4.78 is 16.9. The van der Waals surface area contributed by atoms with Gasteiger partial charge in [-0.3, -0.25) is 5.41 Å². The van der Waals surface area contributed by atoms with Gasteiger partial charge in [0.1, 0.15) is 39.0 Å². The molecule has 1 aromatic carbocycles. The van der Waals surface area contributed by atoms with E-state index in [1.807, 2.05) is 20.8 Å². The molecule has 0 spiro atoms.